The fourth-order valence-corrected chi connectivity index (χ4v) is 1.25. The zero-order chi connectivity index (χ0) is 8.43. The Morgan fingerprint density at radius 2 is 2.27 bits per heavy atom. The summed E-state index contributed by atoms with van der Waals surface area (Å²) in [6, 6.07) is -0.212. The smallest absolute Gasteiger partial charge is 0.407 e. The molecule has 1 aliphatic rings. The molecule has 64 valence electrons. The van der Waals surface area contributed by atoms with Crippen LogP contribution in [0.3, 0.4) is 0 Å². The van der Waals surface area contributed by atoms with Crippen LogP contribution in [0.4, 0.5) is 4.79 Å². The summed E-state index contributed by atoms with van der Waals surface area (Å²) in [5.74, 6) is -0.0916. The molecule has 1 heterocycles. The van der Waals surface area contributed by atoms with Gasteiger partial charge < -0.3 is 20.8 Å². The lowest BCUT2D eigenvalue weighted by Gasteiger charge is -2.09. The topological polar surface area (TPSA) is 86.8 Å². The minimum atomic E-state index is -0.962. The largest absolute Gasteiger partial charge is 0.465 e. The van der Waals surface area contributed by atoms with Crippen molar-refractivity contribution in [2.75, 3.05) is 19.7 Å². The highest BCUT2D eigenvalue weighted by Crippen LogP contribution is 2.14. The Kier molecular flexibility index (Phi) is 2.31. The molecule has 1 fully saturated rings. The van der Waals surface area contributed by atoms with E-state index in [2.05, 4.69) is 0 Å². The van der Waals surface area contributed by atoms with Crippen LogP contribution in [-0.4, -0.2) is 46.9 Å². The van der Waals surface area contributed by atoms with Crippen molar-refractivity contribution in [3.05, 3.63) is 0 Å². The van der Waals surface area contributed by atoms with E-state index in [1.807, 2.05) is 0 Å². The number of carboxylic acid groups (broad SMARTS) is 1. The number of aliphatic hydroxyl groups excluding tert-OH is 1. The van der Waals surface area contributed by atoms with Crippen LogP contribution < -0.4 is 5.73 Å². The van der Waals surface area contributed by atoms with Gasteiger partial charge in [-0.15, -0.1) is 0 Å². The van der Waals surface area contributed by atoms with Crippen molar-refractivity contribution in [2.45, 2.75) is 6.04 Å². The fourth-order valence-electron chi connectivity index (χ4n) is 1.25. The van der Waals surface area contributed by atoms with Gasteiger partial charge in [-0.05, 0) is 0 Å². The zero-order valence-electron chi connectivity index (χ0n) is 6.10. The maximum atomic E-state index is 10.4. The van der Waals surface area contributed by atoms with Gasteiger partial charge in [0.15, 0.2) is 0 Å². The van der Waals surface area contributed by atoms with E-state index in [4.69, 9.17) is 15.9 Å². The van der Waals surface area contributed by atoms with Gasteiger partial charge >= 0.3 is 6.09 Å². The Labute approximate surface area is 64.4 Å². The Hall–Kier alpha value is -0.810. The van der Waals surface area contributed by atoms with Crippen molar-refractivity contribution in [1.82, 2.24) is 4.90 Å². The maximum Gasteiger partial charge on any atom is 0.407 e. The number of aliphatic hydroxyl groups is 1. The molecule has 0 radical (unpaired) electrons. The molecule has 0 spiro atoms. The lowest BCUT2D eigenvalue weighted by Crippen LogP contribution is -2.32. The molecule has 1 rings (SSSR count). The highest BCUT2D eigenvalue weighted by atomic mass is 16.4. The Balaban J connectivity index is 2.49. The van der Waals surface area contributed by atoms with Gasteiger partial charge in [-0.2, -0.15) is 0 Å². The normalized spacial score (nSPS) is 30.9. The second kappa shape index (κ2) is 3.06. The molecule has 4 N–H and O–H groups in total. The summed E-state index contributed by atoms with van der Waals surface area (Å²) >= 11 is 0. The van der Waals surface area contributed by atoms with Gasteiger partial charge in [0, 0.05) is 31.7 Å². The second-order valence-corrected chi connectivity index (χ2v) is 2.79. The van der Waals surface area contributed by atoms with E-state index in [0.29, 0.717) is 13.1 Å². The third-order valence-electron chi connectivity index (χ3n) is 2.00. The summed E-state index contributed by atoms with van der Waals surface area (Å²) in [5.41, 5.74) is 5.55. The van der Waals surface area contributed by atoms with Crippen LogP contribution >= 0.6 is 0 Å². The van der Waals surface area contributed by atoms with Crippen LogP contribution in [0, 0.1) is 5.92 Å². The average molecular weight is 160 g/mol. The van der Waals surface area contributed by atoms with Crippen LogP contribution in [0.5, 0.6) is 0 Å². The third kappa shape index (κ3) is 1.61. The molecule has 11 heavy (non-hydrogen) atoms. The van der Waals surface area contributed by atoms with Crippen LogP contribution in [0.1, 0.15) is 0 Å². The highest BCUT2D eigenvalue weighted by Gasteiger charge is 2.31. The van der Waals surface area contributed by atoms with Gasteiger partial charge in [0.2, 0.25) is 0 Å². The lowest BCUT2D eigenvalue weighted by atomic mass is 10.1. The average Bonchev–Trinajstić information content (AvgIpc) is 2.31. The van der Waals surface area contributed by atoms with E-state index >= 15 is 0 Å². The minimum Gasteiger partial charge on any atom is -0.465 e. The molecule has 1 aliphatic heterocycles. The summed E-state index contributed by atoms with van der Waals surface area (Å²) in [4.78, 5) is 11.6. The monoisotopic (exact) mass is 160 g/mol. The molecular formula is C6H12N2O3. The van der Waals surface area contributed by atoms with Crippen molar-refractivity contribution >= 4 is 6.09 Å². The number of amides is 1. The summed E-state index contributed by atoms with van der Waals surface area (Å²) in [6.07, 6.45) is -0.962. The molecule has 0 aromatic carbocycles. The Bertz CT molecular complexity index is 162. The van der Waals surface area contributed by atoms with E-state index in [0.717, 1.165) is 0 Å². The predicted octanol–water partition coefficient (Wildman–Crippen LogP) is -1.08. The van der Waals surface area contributed by atoms with Gasteiger partial charge in [0.25, 0.3) is 0 Å². The number of likely N-dealkylation sites (tertiary alicyclic amines) is 1. The lowest BCUT2D eigenvalue weighted by molar-refractivity contribution is 0.150. The zero-order valence-corrected chi connectivity index (χ0v) is 6.10. The van der Waals surface area contributed by atoms with E-state index < -0.39 is 6.09 Å². The number of hydrogen-bond donors (Lipinski definition) is 3. The number of hydrogen-bond acceptors (Lipinski definition) is 3. The molecule has 0 unspecified atom stereocenters. The number of nitrogens with two attached hydrogens (primary N) is 1. The van der Waals surface area contributed by atoms with Crippen molar-refractivity contribution in [3.8, 4) is 0 Å². The van der Waals surface area contributed by atoms with Crippen molar-refractivity contribution in [3.63, 3.8) is 0 Å². The highest BCUT2D eigenvalue weighted by molar-refractivity contribution is 5.65. The number of rotatable bonds is 1. The second-order valence-electron chi connectivity index (χ2n) is 2.79. The Morgan fingerprint density at radius 3 is 2.55 bits per heavy atom. The molecule has 0 aliphatic carbocycles. The summed E-state index contributed by atoms with van der Waals surface area (Å²) in [5, 5.41) is 17.3. The fraction of sp³-hybridized carbons (Fsp3) is 0.833. The first-order chi connectivity index (χ1) is 5.15. The molecule has 1 amide bonds. The summed E-state index contributed by atoms with van der Waals surface area (Å²) in [6.45, 7) is 0.651. The summed E-state index contributed by atoms with van der Waals surface area (Å²) in [7, 11) is 0. The van der Waals surface area contributed by atoms with Gasteiger partial charge in [0.05, 0.1) is 0 Å². The van der Waals surface area contributed by atoms with Crippen LogP contribution in [0.15, 0.2) is 0 Å². The molecule has 0 aromatic rings. The van der Waals surface area contributed by atoms with Gasteiger partial charge in [-0.3, -0.25) is 0 Å². The molecule has 0 bridgehead atoms. The molecule has 0 saturated carbocycles. The van der Waals surface area contributed by atoms with Gasteiger partial charge in [-0.1, -0.05) is 0 Å². The maximum absolute atomic E-state index is 10.4. The van der Waals surface area contributed by atoms with E-state index in [-0.39, 0.29) is 18.6 Å². The standard InChI is InChI=1S/C6H12N2O3/c7-5-2-8(6(10)11)1-4(5)3-9/h4-5,9H,1-3,7H2,(H,10,11)/t4-,5+/m0/s1. The van der Waals surface area contributed by atoms with Crippen molar-refractivity contribution in [2.24, 2.45) is 11.7 Å². The predicted molar refractivity (Wildman–Crippen MR) is 38.1 cm³/mol. The SMILES string of the molecule is N[C@@H]1CN(C(=O)O)C[C@H]1CO. The van der Waals surface area contributed by atoms with Gasteiger partial charge in [0.1, 0.15) is 0 Å². The molecule has 1 saturated heterocycles. The van der Waals surface area contributed by atoms with Crippen LogP contribution in [0.25, 0.3) is 0 Å². The van der Waals surface area contributed by atoms with Gasteiger partial charge in [-0.25, -0.2) is 4.79 Å². The Morgan fingerprint density at radius 1 is 1.64 bits per heavy atom. The first-order valence-electron chi connectivity index (χ1n) is 3.49. The molecule has 0 aromatic heterocycles. The molecule has 5 nitrogen and oxygen atoms in total. The summed E-state index contributed by atoms with van der Waals surface area (Å²) < 4.78 is 0. The quantitative estimate of drug-likeness (QED) is 0.455. The van der Waals surface area contributed by atoms with E-state index in [1.165, 1.54) is 4.90 Å². The number of nitrogens with zero attached hydrogens (tertiary/aromatic N) is 1. The molecule has 2 atom stereocenters. The minimum absolute atomic E-state index is 0.0368. The molecular weight excluding hydrogens is 148 g/mol. The molecule has 5 heteroatoms. The first kappa shape index (κ1) is 8.29. The first-order valence-corrected chi connectivity index (χ1v) is 3.49. The number of carbonyl (C=O) groups is 1. The van der Waals surface area contributed by atoms with Crippen LogP contribution in [-0.2, 0) is 0 Å². The van der Waals surface area contributed by atoms with E-state index in [1.54, 1.807) is 0 Å². The van der Waals surface area contributed by atoms with Crippen molar-refractivity contribution in [1.29, 1.82) is 0 Å². The third-order valence-corrected chi connectivity index (χ3v) is 2.00. The van der Waals surface area contributed by atoms with Crippen molar-refractivity contribution < 1.29 is 15.0 Å². The van der Waals surface area contributed by atoms with Crippen LogP contribution in [0.2, 0.25) is 0 Å². The van der Waals surface area contributed by atoms with E-state index in [9.17, 15) is 4.79 Å².